The van der Waals surface area contributed by atoms with E-state index in [2.05, 4.69) is 75.5 Å². The Balaban J connectivity index is 0.000000121. The van der Waals surface area contributed by atoms with Crippen molar-refractivity contribution in [1.29, 1.82) is 0 Å². The monoisotopic (exact) mass is 445 g/mol. The summed E-state index contributed by atoms with van der Waals surface area (Å²) in [5, 5.41) is 4.42. The number of allylic oxidation sites excluding steroid dienone is 2. The standard InChI is InChI=1S/C14H11.C10H12OSi.Zr/c1-10-8-12-7-6-11-4-2-3-5-13(11)14(12)9-10;1-6-9-7-4-5-11-8(7)10(6)12(9,2)3;/h2-9H,1H3;4-5,10H,1-3H3;. The predicted molar refractivity (Wildman–Crippen MR) is 112 cm³/mol. The number of hydrogen-bond acceptors (Lipinski definition) is 1. The Morgan fingerprint density at radius 2 is 1.78 bits per heavy atom. The zero-order valence-electron chi connectivity index (χ0n) is 16.3. The van der Waals surface area contributed by atoms with Crippen molar-refractivity contribution in [2.75, 3.05) is 0 Å². The van der Waals surface area contributed by atoms with Gasteiger partial charge in [-0.25, -0.2) is 0 Å². The molecule has 2 aliphatic heterocycles. The van der Waals surface area contributed by atoms with Crippen molar-refractivity contribution >= 4 is 30.1 Å². The van der Waals surface area contributed by atoms with Crippen LogP contribution < -0.4 is 0 Å². The van der Waals surface area contributed by atoms with Gasteiger partial charge >= 0.3 is 105 Å². The Morgan fingerprint density at radius 3 is 2.52 bits per heavy atom. The van der Waals surface area contributed by atoms with E-state index in [9.17, 15) is 0 Å². The van der Waals surface area contributed by atoms with Gasteiger partial charge in [0.25, 0.3) is 0 Å². The maximum absolute atomic E-state index is 5.53. The van der Waals surface area contributed by atoms with Gasteiger partial charge in [-0.3, -0.25) is 0 Å². The van der Waals surface area contributed by atoms with E-state index >= 15 is 0 Å². The van der Waals surface area contributed by atoms with Crippen LogP contribution in [0.25, 0.3) is 22.0 Å². The number of furan rings is 1. The molecule has 3 aromatic rings. The van der Waals surface area contributed by atoms with Crippen LogP contribution in [0.15, 0.2) is 64.3 Å². The number of benzene rings is 2. The molecule has 0 saturated carbocycles. The first-order valence-corrected chi connectivity index (χ1v) is 14.1. The van der Waals surface area contributed by atoms with Crippen molar-refractivity contribution in [2.45, 2.75) is 36.1 Å². The van der Waals surface area contributed by atoms with E-state index in [0.29, 0.717) is 9.17 Å². The third-order valence-corrected chi connectivity index (χ3v) is 12.5. The Hall–Kier alpha value is -1.44. The molecule has 1 aromatic heterocycles. The second kappa shape index (κ2) is 6.03. The normalized spacial score (nSPS) is 23.3. The number of fused-ring (bicyclic) bond motifs is 3. The average molecular weight is 447 g/mol. The molecule has 1 nitrogen and oxygen atoms in total. The van der Waals surface area contributed by atoms with Gasteiger partial charge in [-0.05, 0) is 18.2 Å². The first-order chi connectivity index (χ1) is 12.9. The fraction of sp³-hybridized carbons (Fsp3) is 0.250. The molecular formula is C24H23OSiZr. The van der Waals surface area contributed by atoms with Crippen LogP contribution >= 0.6 is 0 Å². The van der Waals surface area contributed by atoms with Crippen LogP contribution in [0.2, 0.25) is 13.1 Å². The summed E-state index contributed by atoms with van der Waals surface area (Å²) < 4.78 is 6.21. The van der Waals surface area contributed by atoms with Gasteiger partial charge in [-0.15, -0.1) is 0 Å². The summed E-state index contributed by atoms with van der Waals surface area (Å²) in [5.41, 5.74) is 8.20. The molecule has 0 spiro atoms. The average Bonchev–Trinajstić information content (AvgIpc) is 3.33. The van der Waals surface area contributed by atoms with Gasteiger partial charge in [0.2, 0.25) is 0 Å². The Kier molecular flexibility index (Phi) is 3.94. The van der Waals surface area contributed by atoms with Gasteiger partial charge in [0.15, 0.2) is 0 Å². The van der Waals surface area contributed by atoms with Crippen molar-refractivity contribution in [3.63, 3.8) is 0 Å². The molecule has 2 aliphatic carbocycles. The molecule has 3 heteroatoms. The van der Waals surface area contributed by atoms with Crippen LogP contribution in [-0.2, 0) is 24.7 Å². The molecule has 7 rings (SSSR count). The Bertz CT molecular complexity index is 1150. The minimum absolute atomic E-state index is 0.678. The van der Waals surface area contributed by atoms with Crippen LogP contribution in [0, 0.1) is 0 Å². The zero-order valence-corrected chi connectivity index (χ0v) is 19.7. The van der Waals surface area contributed by atoms with Crippen LogP contribution in [0.5, 0.6) is 0 Å². The third-order valence-electron chi connectivity index (χ3n) is 6.56. The molecule has 4 aliphatic rings. The zero-order chi connectivity index (χ0) is 18.9. The number of hydrogen-bond donors (Lipinski definition) is 0. The predicted octanol–water partition coefficient (Wildman–Crippen LogP) is 6.80. The maximum atomic E-state index is 5.53. The SMILES string of the molecule is CC1=C2c3ccoc3C1[Si]2(C)C.CC1=Cc2c(ccc3ccccc23)[CH]1[Zr]. The topological polar surface area (TPSA) is 13.1 Å². The first kappa shape index (κ1) is 17.6. The second-order valence-corrected chi connectivity index (χ2v) is 14.5. The minimum atomic E-state index is -1.08. The summed E-state index contributed by atoms with van der Waals surface area (Å²) in [6, 6.07) is 15.3. The molecule has 2 bridgehead atoms. The van der Waals surface area contributed by atoms with E-state index in [1.165, 1.54) is 38.8 Å². The summed E-state index contributed by atoms with van der Waals surface area (Å²) >= 11 is 1.60. The molecule has 0 radical (unpaired) electrons. The molecule has 0 fully saturated rings. The van der Waals surface area contributed by atoms with Crippen molar-refractivity contribution in [2.24, 2.45) is 0 Å². The van der Waals surface area contributed by atoms with Crippen molar-refractivity contribution < 1.29 is 29.1 Å². The first-order valence-electron chi connectivity index (χ1n) is 9.61. The van der Waals surface area contributed by atoms with E-state index in [1.807, 2.05) is 6.26 Å². The molecule has 2 unspecified atom stereocenters. The van der Waals surface area contributed by atoms with Crippen molar-refractivity contribution in [3.05, 3.63) is 82.3 Å². The van der Waals surface area contributed by atoms with Crippen LogP contribution in [0.3, 0.4) is 0 Å². The van der Waals surface area contributed by atoms with Gasteiger partial charge in [-0.2, -0.15) is 0 Å². The number of rotatable bonds is 0. The van der Waals surface area contributed by atoms with E-state index in [-0.39, 0.29) is 0 Å². The van der Waals surface area contributed by atoms with E-state index in [0.717, 1.165) is 0 Å². The molecule has 3 heterocycles. The fourth-order valence-corrected chi connectivity index (χ4v) is 10.4. The van der Waals surface area contributed by atoms with E-state index in [4.69, 9.17) is 4.42 Å². The van der Waals surface area contributed by atoms with Gasteiger partial charge < -0.3 is 4.42 Å². The second-order valence-electron chi connectivity index (χ2n) is 8.52. The van der Waals surface area contributed by atoms with Gasteiger partial charge in [0.05, 0.1) is 14.3 Å². The summed E-state index contributed by atoms with van der Waals surface area (Å²) in [6.45, 7) is 9.38. The Labute approximate surface area is 177 Å². The molecule has 2 aromatic carbocycles. The van der Waals surface area contributed by atoms with Gasteiger partial charge in [-0.1, -0.05) is 18.7 Å². The summed E-state index contributed by atoms with van der Waals surface area (Å²) in [4.78, 5) is 0. The van der Waals surface area contributed by atoms with Gasteiger partial charge in [0.1, 0.15) is 5.76 Å². The summed E-state index contributed by atoms with van der Waals surface area (Å²) in [5.74, 6) is 1.26. The quantitative estimate of drug-likeness (QED) is 0.346. The Morgan fingerprint density at radius 1 is 1.00 bits per heavy atom. The summed E-state index contributed by atoms with van der Waals surface area (Å²) in [7, 11) is -1.08. The van der Waals surface area contributed by atoms with E-state index < -0.39 is 8.07 Å². The van der Waals surface area contributed by atoms with Crippen LogP contribution in [0.1, 0.15) is 45.5 Å². The van der Waals surface area contributed by atoms with Crippen molar-refractivity contribution in [3.8, 4) is 0 Å². The third kappa shape index (κ3) is 2.37. The van der Waals surface area contributed by atoms with Crippen LogP contribution in [-0.4, -0.2) is 8.07 Å². The molecule has 0 saturated heterocycles. The van der Waals surface area contributed by atoms with E-state index in [1.54, 1.807) is 35.5 Å². The fourth-order valence-electron chi connectivity index (χ4n) is 5.38. The molecule has 27 heavy (non-hydrogen) atoms. The van der Waals surface area contributed by atoms with Crippen LogP contribution in [0.4, 0.5) is 0 Å². The molecule has 2 atom stereocenters. The molecular weight excluding hydrogens is 424 g/mol. The van der Waals surface area contributed by atoms with Gasteiger partial charge in [0, 0.05) is 11.1 Å². The van der Waals surface area contributed by atoms with Crippen molar-refractivity contribution in [1.82, 2.24) is 0 Å². The molecule has 133 valence electrons. The molecule has 0 amide bonds. The molecule has 0 N–H and O–H groups in total. The summed E-state index contributed by atoms with van der Waals surface area (Å²) in [6.07, 6.45) is 4.19.